The Morgan fingerprint density at radius 1 is 1.12 bits per heavy atom. The molecule has 2 aliphatic heterocycles. The van der Waals surface area contributed by atoms with E-state index in [9.17, 15) is 0 Å². The van der Waals surface area contributed by atoms with Crippen molar-refractivity contribution in [3.63, 3.8) is 0 Å². The van der Waals surface area contributed by atoms with Gasteiger partial charge in [0, 0.05) is 56.7 Å². The zero-order chi connectivity index (χ0) is 16.2. The van der Waals surface area contributed by atoms with Gasteiger partial charge < -0.3 is 14.0 Å². The van der Waals surface area contributed by atoms with E-state index in [1.54, 1.807) is 0 Å². The summed E-state index contributed by atoms with van der Waals surface area (Å²) in [7, 11) is 0. The lowest BCUT2D eigenvalue weighted by Gasteiger charge is -2.26. The molecule has 1 atom stereocenters. The van der Waals surface area contributed by atoms with Gasteiger partial charge in [0.15, 0.2) is 0 Å². The molecule has 4 rings (SSSR count). The van der Waals surface area contributed by atoms with Crippen molar-refractivity contribution in [2.24, 2.45) is 5.92 Å². The Bertz CT molecular complexity index is 658. The third-order valence-electron chi connectivity index (χ3n) is 4.89. The SMILES string of the molecule is c1cc(CN2CCOCC2)cc(-c2nccn2CC2CCOC2)c1. The molecular formula is C19H25N3O2. The fourth-order valence-electron chi connectivity index (χ4n) is 3.55. The van der Waals surface area contributed by atoms with Gasteiger partial charge in [0.1, 0.15) is 5.82 Å². The Hall–Kier alpha value is -1.69. The molecule has 3 heterocycles. The number of benzene rings is 1. The molecule has 0 bridgehead atoms. The minimum atomic E-state index is 0.606. The first-order chi connectivity index (χ1) is 11.9. The highest BCUT2D eigenvalue weighted by atomic mass is 16.5. The number of imidazole rings is 1. The largest absolute Gasteiger partial charge is 0.381 e. The molecular weight excluding hydrogens is 302 g/mol. The number of hydrogen-bond acceptors (Lipinski definition) is 4. The molecule has 2 fully saturated rings. The zero-order valence-corrected chi connectivity index (χ0v) is 14.1. The van der Waals surface area contributed by atoms with Crippen LogP contribution in [0.1, 0.15) is 12.0 Å². The van der Waals surface area contributed by atoms with Crippen LogP contribution in [-0.4, -0.2) is 54.0 Å². The van der Waals surface area contributed by atoms with E-state index in [4.69, 9.17) is 9.47 Å². The fraction of sp³-hybridized carbons (Fsp3) is 0.526. The maximum Gasteiger partial charge on any atom is 0.139 e. The van der Waals surface area contributed by atoms with Crippen molar-refractivity contribution in [1.29, 1.82) is 0 Å². The van der Waals surface area contributed by atoms with Crippen molar-refractivity contribution in [1.82, 2.24) is 14.5 Å². The van der Waals surface area contributed by atoms with Crippen LogP contribution in [0.15, 0.2) is 36.7 Å². The van der Waals surface area contributed by atoms with Crippen LogP contribution >= 0.6 is 0 Å². The number of nitrogens with zero attached hydrogens (tertiary/aromatic N) is 3. The van der Waals surface area contributed by atoms with E-state index in [0.717, 1.165) is 64.9 Å². The molecule has 0 spiro atoms. The molecule has 2 saturated heterocycles. The quantitative estimate of drug-likeness (QED) is 0.845. The lowest BCUT2D eigenvalue weighted by Crippen LogP contribution is -2.35. The van der Waals surface area contributed by atoms with Crippen LogP contribution < -0.4 is 0 Å². The molecule has 5 nitrogen and oxygen atoms in total. The third-order valence-corrected chi connectivity index (χ3v) is 4.89. The Kier molecular flexibility index (Phi) is 4.92. The van der Waals surface area contributed by atoms with E-state index in [2.05, 4.69) is 44.9 Å². The molecule has 0 N–H and O–H groups in total. The van der Waals surface area contributed by atoms with E-state index in [1.165, 1.54) is 11.1 Å². The van der Waals surface area contributed by atoms with Gasteiger partial charge in [-0.1, -0.05) is 18.2 Å². The number of ether oxygens (including phenoxy) is 2. The molecule has 128 valence electrons. The summed E-state index contributed by atoms with van der Waals surface area (Å²) < 4.78 is 13.2. The van der Waals surface area contributed by atoms with E-state index in [1.807, 2.05) is 6.20 Å². The van der Waals surface area contributed by atoms with Crippen LogP contribution in [0.3, 0.4) is 0 Å². The van der Waals surface area contributed by atoms with Gasteiger partial charge in [-0.15, -0.1) is 0 Å². The predicted octanol–water partition coefficient (Wildman–Crippen LogP) is 2.42. The summed E-state index contributed by atoms with van der Waals surface area (Å²) in [6, 6.07) is 8.78. The maximum atomic E-state index is 5.51. The Morgan fingerprint density at radius 2 is 2.04 bits per heavy atom. The lowest BCUT2D eigenvalue weighted by atomic mass is 10.1. The first kappa shape index (κ1) is 15.8. The van der Waals surface area contributed by atoms with Crippen molar-refractivity contribution >= 4 is 0 Å². The minimum Gasteiger partial charge on any atom is -0.381 e. The van der Waals surface area contributed by atoms with Crippen molar-refractivity contribution in [2.45, 2.75) is 19.5 Å². The molecule has 1 unspecified atom stereocenters. The normalized spacial score (nSPS) is 22.1. The van der Waals surface area contributed by atoms with Crippen LogP contribution in [0.5, 0.6) is 0 Å². The van der Waals surface area contributed by atoms with E-state index >= 15 is 0 Å². The summed E-state index contributed by atoms with van der Waals surface area (Å²) in [5.41, 5.74) is 2.54. The Labute approximate surface area is 143 Å². The number of aromatic nitrogens is 2. The second-order valence-electron chi connectivity index (χ2n) is 6.72. The van der Waals surface area contributed by atoms with Gasteiger partial charge >= 0.3 is 0 Å². The summed E-state index contributed by atoms with van der Waals surface area (Å²) in [6.45, 7) is 7.44. The van der Waals surface area contributed by atoms with Crippen molar-refractivity contribution in [3.8, 4) is 11.4 Å². The van der Waals surface area contributed by atoms with Gasteiger partial charge in [-0.25, -0.2) is 4.98 Å². The molecule has 0 radical (unpaired) electrons. The first-order valence-corrected chi connectivity index (χ1v) is 8.87. The number of morpholine rings is 1. The van der Waals surface area contributed by atoms with Crippen LogP contribution in [0, 0.1) is 5.92 Å². The smallest absolute Gasteiger partial charge is 0.139 e. The molecule has 24 heavy (non-hydrogen) atoms. The summed E-state index contributed by atoms with van der Waals surface area (Å²) in [5, 5.41) is 0. The summed E-state index contributed by atoms with van der Waals surface area (Å²) in [4.78, 5) is 7.05. The van der Waals surface area contributed by atoms with Crippen LogP contribution in [-0.2, 0) is 22.6 Å². The van der Waals surface area contributed by atoms with Crippen LogP contribution in [0.4, 0.5) is 0 Å². The summed E-state index contributed by atoms with van der Waals surface area (Å²) in [5.74, 6) is 1.67. The van der Waals surface area contributed by atoms with Gasteiger partial charge in [0.2, 0.25) is 0 Å². The van der Waals surface area contributed by atoms with Gasteiger partial charge in [0.05, 0.1) is 19.8 Å². The monoisotopic (exact) mass is 327 g/mol. The van der Waals surface area contributed by atoms with Crippen molar-refractivity contribution < 1.29 is 9.47 Å². The average molecular weight is 327 g/mol. The first-order valence-electron chi connectivity index (χ1n) is 8.87. The zero-order valence-electron chi connectivity index (χ0n) is 14.1. The second kappa shape index (κ2) is 7.47. The van der Waals surface area contributed by atoms with Crippen molar-refractivity contribution in [3.05, 3.63) is 42.2 Å². The van der Waals surface area contributed by atoms with E-state index in [-0.39, 0.29) is 0 Å². The van der Waals surface area contributed by atoms with Gasteiger partial charge in [0.25, 0.3) is 0 Å². The maximum absolute atomic E-state index is 5.51. The second-order valence-corrected chi connectivity index (χ2v) is 6.72. The molecule has 5 heteroatoms. The predicted molar refractivity (Wildman–Crippen MR) is 92.7 cm³/mol. The molecule has 1 aromatic heterocycles. The molecule has 0 amide bonds. The molecule has 0 aliphatic carbocycles. The fourth-order valence-corrected chi connectivity index (χ4v) is 3.55. The highest BCUT2D eigenvalue weighted by Gasteiger charge is 2.18. The third kappa shape index (κ3) is 3.69. The summed E-state index contributed by atoms with van der Waals surface area (Å²) >= 11 is 0. The van der Waals surface area contributed by atoms with Gasteiger partial charge in [-0.3, -0.25) is 4.90 Å². The van der Waals surface area contributed by atoms with E-state index in [0.29, 0.717) is 5.92 Å². The Balaban J connectivity index is 1.49. The molecule has 0 saturated carbocycles. The highest BCUT2D eigenvalue weighted by molar-refractivity contribution is 5.56. The van der Waals surface area contributed by atoms with Crippen LogP contribution in [0.2, 0.25) is 0 Å². The topological polar surface area (TPSA) is 39.5 Å². The minimum absolute atomic E-state index is 0.606. The van der Waals surface area contributed by atoms with Gasteiger partial charge in [-0.2, -0.15) is 0 Å². The van der Waals surface area contributed by atoms with Crippen molar-refractivity contribution in [2.75, 3.05) is 39.5 Å². The van der Waals surface area contributed by atoms with Gasteiger partial charge in [-0.05, 0) is 18.1 Å². The van der Waals surface area contributed by atoms with Crippen LogP contribution in [0.25, 0.3) is 11.4 Å². The number of hydrogen-bond donors (Lipinski definition) is 0. The standard InChI is InChI=1S/C19H25N3O2/c1-2-16(13-21-7-10-23-11-8-21)12-18(3-1)19-20-5-6-22(19)14-17-4-9-24-15-17/h1-3,5-6,12,17H,4,7-11,13-15H2. The number of rotatable bonds is 5. The average Bonchev–Trinajstić information content (AvgIpc) is 3.28. The molecule has 1 aromatic carbocycles. The summed E-state index contributed by atoms with van der Waals surface area (Å²) in [6.07, 6.45) is 5.14. The Morgan fingerprint density at radius 3 is 2.88 bits per heavy atom. The highest BCUT2D eigenvalue weighted by Crippen LogP contribution is 2.23. The molecule has 2 aromatic rings. The lowest BCUT2D eigenvalue weighted by molar-refractivity contribution is 0.0342. The molecule has 2 aliphatic rings. The van der Waals surface area contributed by atoms with E-state index < -0.39 is 0 Å².